The van der Waals surface area contributed by atoms with Crippen molar-refractivity contribution in [2.45, 2.75) is 31.7 Å². The monoisotopic (exact) mass is 287 g/mol. The first-order chi connectivity index (χ1) is 10.1. The summed E-state index contributed by atoms with van der Waals surface area (Å²) in [4.78, 5) is 38.1. The Kier molecular flexibility index (Phi) is 3.49. The number of Topliss-reactive ketones (excluding diaryl/α,β-unsaturated/α-hetero) is 1. The van der Waals surface area contributed by atoms with Crippen molar-refractivity contribution in [2.75, 3.05) is 7.11 Å². The predicted octanol–water partition coefficient (Wildman–Crippen LogP) is 1.81. The molecule has 0 spiro atoms. The fourth-order valence-corrected chi connectivity index (χ4v) is 3.35. The lowest BCUT2D eigenvalue weighted by atomic mass is 9.90. The van der Waals surface area contributed by atoms with Crippen LogP contribution in [0.5, 0.6) is 5.75 Å². The first-order valence-corrected chi connectivity index (χ1v) is 7.15. The van der Waals surface area contributed by atoms with Gasteiger partial charge in [0.25, 0.3) is 5.91 Å². The minimum Gasteiger partial charge on any atom is -0.496 e. The molecule has 1 saturated carbocycles. The number of benzene rings is 1. The van der Waals surface area contributed by atoms with Crippen LogP contribution >= 0.6 is 0 Å². The Labute approximate surface area is 122 Å². The second-order valence-electron chi connectivity index (χ2n) is 5.49. The maximum atomic E-state index is 12.8. The smallest absolute Gasteiger partial charge is 0.264 e. The highest BCUT2D eigenvalue weighted by molar-refractivity contribution is 6.07. The highest BCUT2D eigenvalue weighted by atomic mass is 16.5. The van der Waals surface area contributed by atoms with Crippen LogP contribution in [0.3, 0.4) is 0 Å². The molecule has 1 aliphatic heterocycles. The van der Waals surface area contributed by atoms with Gasteiger partial charge in [-0.2, -0.15) is 0 Å². The molecular weight excluding hydrogens is 270 g/mol. The molecule has 1 saturated heterocycles. The number of methoxy groups -OCH3 is 1. The van der Waals surface area contributed by atoms with Crippen molar-refractivity contribution in [3.05, 3.63) is 29.8 Å². The van der Waals surface area contributed by atoms with Gasteiger partial charge in [0.15, 0.2) is 0 Å². The van der Waals surface area contributed by atoms with Gasteiger partial charge < -0.3 is 4.74 Å². The number of ether oxygens (including phenoxy) is 1. The predicted molar refractivity (Wildman–Crippen MR) is 74.9 cm³/mol. The molecule has 5 nitrogen and oxygen atoms in total. The summed E-state index contributed by atoms with van der Waals surface area (Å²) in [6, 6.07) is 6.57. The SMILES string of the molecule is COc1ccccc1C(=O)N1C(=O)CCC2C(=O)CCC21. The van der Waals surface area contributed by atoms with E-state index >= 15 is 0 Å². The Balaban J connectivity index is 1.95. The molecule has 2 atom stereocenters. The topological polar surface area (TPSA) is 63.7 Å². The molecule has 110 valence electrons. The minimum absolute atomic E-state index is 0.172. The third-order valence-corrected chi connectivity index (χ3v) is 4.39. The number of hydrogen-bond acceptors (Lipinski definition) is 4. The van der Waals surface area contributed by atoms with E-state index in [2.05, 4.69) is 0 Å². The standard InChI is InChI=1S/C16H17NO4/c1-21-14-5-3-2-4-11(14)16(20)17-12-7-8-13(18)10(12)6-9-15(17)19/h2-5,10,12H,6-9H2,1H3. The average Bonchev–Trinajstić information content (AvgIpc) is 2.88. The van der Waals surface area contributed by atoms with E-state index in [9.17, 15) is 14.4 Å². The van der Waals surface area contributed by atoms with Crippen molar-refractivity contribution in [1.29, 1.82) is 0 Å². The molecule has 1 heterocycles. The van der Waals surface area contributed by atoms with Crippen molar-refractivity contribution in [3.8, 4) is 5.75 Å². The Morgan fingerprint density at radius 1 is 1.19 bits per heavy atom. The fraction of sp³-hybridized carbons (Fsp3) is 0.438. The van der Waals surface area contributed by atoms with Gasteiger partial charge in [0.1, 0.15) is 11.5 Å². The van der Waals surface area contributed by atoms with Gasteiger partial charge in [0, 0.05) is 18.8 Å². The molecule has 0 bridgehead atoms. The summed E-state index contributed by atoms with van der Waals surface area (Å²) in [5.74, 6) is -0.114. The zero-order valence-corrected chi connectivity index (χ0v) is 11.9. The molecule has 2 unspecified atom stereocenters. The summed E-state index contributed by atoms with van der Waals surface area (Å²) in [5, 5.41) is 0. The highest BCUT2D eigenvalue weighted by Crippen LogP contribution is 2.36. The van der Waals surface area contributed by atoms with E-state index in [1.807, 2.05) is 0 Å². The fourth-order valence-electron chi connectivity index (χ4n) is 3.35. The summed E-state index contributed by atoms with van der Waals surface area (Å²) < 4.78 is 5.20. The first kappa shape index (κ1) is 13.8. The summed E-state index contributed by atoms with van der Waals surface area (Å²) >= 11 is 0. The second-order valence-corrected chi connectivity index (χ2v) is 5.49. The molecule has 3 rings (SSSR count). The van der Waals surface area contributed by atoms with Gasteiger partial charge in [-0.1, -0.05) is 12.1 Å². The van der Waals surface area contributed by atoms with Gasteiger partial charge >= 0.3 is 0 Å². The Morgan fingerprint density at radius 3 is 2.71 bits per heavy atom. The maximum absolute atomic E-state index is 12.8. The minimum atomic E-state index is -0.359. The molecule has 2 amide bonds. The van der Waals surface area contributed by atoms with E-state index in [4.69, 9.17) is 4.74 Å². The van der Waals surface area contributed by atoms with Crippen LogP contribution in [0, 0.1) is 5.92 Å². The first-order valence-electron chi connectivity index (χ1n) is 7.15. The highest BCUT2D eigenvalue weighted by Gasteiger charge is 2.46. The number of amides is 2. The lowest BCUT2D eigenvalue weighted by Gasteiger charge is -2.35. The summed E-state index contributed by atoms with van der Waals surface area (Å²) in [6.07, 6.45) is 1.86. The molecule has 1 aliphatic carbocycles. The number of nitrogens with zero attached hydrogens (tertiary/aromatic N) is 1. The number of likely N-dealkylation sites (tertiary alicyclic amines) is 1. The third-order valence-electron chi connectivity index (χ3n) is 4.39. The lowest BCUT2D eigenvalue weighted by molar-refractivity contribution is -0.135. The van der Waals surface area contributed by atoms with Crippen molar-refractivity contribution < 1.29 is 19.1 Å². The van der Waals surface area contributed by atoms with E-state index in [0.717, 1.165) is 0 Å². The van der Waals surface area contributed by atoms with E-state index in [1.54, 1.807) is 24.3 Å². The van der Waals surface area contributed by atoms with Crippen LogP contribution in [0.2, 0.25) is 0 Å². The number of ketones is 1. The van der Waals surface area contributed by atoms with Crippen LogP contribution in [-0.2, 0) is 9.59 Å². The number of fused-ring (bicyclic) bond motifs is 1. The number of rotatable bonds is 2. The zero-order chi connectivity index (χ0) is 15.0. The van der Waals surface area contributed by atoms with E-state index in [1.165, 1.54) is 12.0 Å². The van der Waals surface area contributed by atoms with Crippen molar-refractivity contribution >= 4 is 17.6 Å². The molecule has 0 N–H and O–H groups in total. The van der Waals surface area contributed by atoms with E-state index < -0.39 is 0 Å². The quantitative estimate of drug-likeness (QED) is 0.778. The molecule has 0 aromatic heterocycles. The molecule has 2 fully saturated rings. The van der Waals surface area contributed by atoms with Crippen molar-refractivity contribution in [2.24, 2.45) is 5.92 Å². The molecule has 0 radical (unpaired) electrons. The summed E-state index contributed by atoms with van der Waals surface area (Å²) in [6.45, 7) is 0. The second kappa shape index (κ2) is 5.31. The normalized spacial score (nSPS) is 24.9. The number of para-hydroxylation sites is 1. The number of carbonyl (C=O) groups excluding carboxylic acids is 3. The van der Waals surface area contributed by atoms with Crippen LogP contribution in [0.4, 0.5) is 0 Å². The van der Waals surface area contributed by atoms with Gasteiger partial charge in [-0.05, 0) is 25.0 Å². The summed E-state index contributed by atoms with van der Waals surface area (Å²) in [5.41, 5.74) is 0.369. The number of hydrogen-bond donors (Lipinski definition) is 0. The van der Waals surface area contributed by atoms with Gasteiger partial charge in [0.05, 0.1) is 18.7 Å². The van der Waals surface area contributed by atoms with E-state index in [0.29, 0.717) is 30.6 Å². The van der Waals surface area contributed by atoms with Crippen LogP contribution in [0.15, 0.2) is 24.3 Å². The maximum Gasteiger partial charge on any atom is 0.264 e. The largest absolute Gasteiger partial charge is 0.496 e. The Bertz CT molecular complexity index is 610. The van der Waals surface area contributed by atoms with Crippen LogP contribution in [-0.4, -0.2) is 35.6 Å². The molecule has 21 heavy (non-hydrogen) atoms. The van der Waals surface area contributed by atoms with Gasteiger partial charge in [-0.3, -0.25) is 19.3 Å². The lowest BCUT2D eigenvalue weighted by Crippen LogP contribution is -2.50. The zero-order valence-electron chi connectivity index (χ0n) is 11.9. The van der Waals surface area contributed by atoms with Gasteiger partial charge in [-0.15, -0.1) is 0 Å². The van der Waals surface area contributed by atoms with Crippen LogP contribution in [0.1, 0.15) is 36.0 Å². The van der Waals surface area contributed by atoms with Gasteiger partial charge in [-0.25, -0.2) is 0 Å². The van der Waals surface area contributed by atoms with Crippen molar-refractivity contribution in [1.82, 2.24) is 4.90 Å². The Morgan fingerprint density at radius 2 is 1.95 bits per heavy atom. The molecule has 5 heteroatoms. The Hall–Kier alpha value is -2.17. The number of carbonyl (C=O) groups is 3. The molecular formula is C16H17NO4. The van der Waals surface area contributed by atoms with Crippen molar-refractivity contribution in [3.63, 3.8) is 0 Å². The number of imide groups is 1. The molecule has 1 aromatic rings. The van der Waals surface area contributed by atoms with Gasteiger partial charge in [0.2, 0.25) is 5.91 Å². The number of piperidine rings is 1. The third kappa shape index (κ3) is 2.22. The summed E-state index contributed by atoms with van der Waals surface area (Å²) in [7, 11) is 1.49. The van der Waals surface area contributed by atoms with Crippen LogP contribution < -0.4 is 4.74 Å². The van der Waals surface area contributed by atoms with Crippen LogP contribution in [0.25, 0.3) is 0 Å². The molecule has 2 aliphatic rings. The average molecular weight is 287 g/mol. The molecule has 1 aromatic carbocycles. The van der Waals surface area contributed by atoms with E-state index in [-0.39, 0.29) is 36.0 Å².